The lowest BCUT2D eigenvalue weighted by atomic mass is 9.90. The number of rotatable bonds is 16. The van der Waals surface area contributed by atoms with Gasteiger partial charge in [-0.05, 0) is 63.6 Å². The van der Waals surface area contributed by atoms with Gasteiger partial charge >= 0.3 is 6.03 Å². The zero-order valence-corrected chi connectivity index (χ0v) is 27.3. The van der Waals surface area contributed by atoms with Crippen LogP contribution in [0.5, 0.6) is 0 Å². The molecule has 7 nitrogen and oxygen atoms in total. The van der Waals surface area contributed by atoms with Gasteiger partial charge in [0.15, 0.2) is 0 Å². The average Bonchev–Trinajstić information content (AvgIpc) is 3.59. The highest BCUT2D eigenvalue weighted by molar-refractivity contribution is 8.76. The predicted octanol–water partition coefficient (Wildman–Crippen LogP) is 6.25. The van der Waals surface area contributed by atoms with Crippen molar-refractivity contribution < 1.29 is 14.4 Å². The van der Waals surface area contributed by atoms with Crippen LogP contribution >= 0.6 is 33.3 Å². The SMILES string of the molecule is O=C(CCCC[C@@H]1SC[C@@H]2NC(=O)N[C@@H]21)NCCSSCCNC(=O)CCCc1ccc2ccc3cccc4ccc1c2c34. The molecule has 4 N–H and O–H groups in total. The molecular formula is C34H40N4O3S3. The summed E-state index contributed by atoms with van der Waals surface area (Å²) in [5.41, 5.74) is 1.31. The number of hydrogen-bond donors (Lipinski definition) is 4. The summed E-state index contributed by atoms with van der Waals surface area (Å²) in [7, 11) is 3.46. The van der Waals surface area contributed by atoms with Crippen molar-refractivity contribution in [3.63, 3.8) is 0 Å². The van der Waals surface area contributed by atoms with E-state index < -0.39 is 0 Å². The third-order valence-corrected chi connectivity index (χ3v) is 12.6. The first kappa shape index (κ1) is 31.2. The van der Waals surface area contributed by atoms with Crippen molar-refractivity contribution in [3.05, 3.63) is 60.2 Å². The first-order valence-corrected chi connectivity index (χ1v) is 19.2. The van der Waals surface area contributed by atoms with Crippen molar-refractivity contribution in [2.24, 2.45) is 0 Å². The zero-order chi connectivity index (χ0) is 30.3. The van der Waals surface area contributed by atoms with E-state index in [-0.39, 0.29) is 29.9 Å². The maximum absolute atomic E-state index is 12.4. The molecule has 2 aliphatic heterocycles. The second-order valence-corrected chi connectivity index (χ2v) is 15.6. The second-order valence-electron chi connectivity index (χ2n) is 11.6. The molecule has 232 valence electrons. The number of carbonyl (C=O) groups excluding carboxylic acids is 3. The molecular weight excluding hydrogens is 609 g/mol. The summed E-state index contributed by atoms with van der Waals surface area (Å²) >= 11 is 1.92. The molecule has 0 aliphatic carbocycles. The molecule has 10 heteroatoms. The number of hydrogen-bond acceptors (Lipinski definition) is 6. The van der Waals surface area contributed by atoms with Crippen molar-refractivity contribution in [2.45, 2.75) is 62.3 Å². The monoisotopic (exact) mass is 648 g/mol. The Bertz CT molecular complexity index is 1600. The molecule has 6 rings (SSSR count). The molecule has 3 atom stereocenters. The van der Waals surface area contributed by atoms with Gasteiger partial charge in [0.05, 0.1) is 12.1 Å². The van der Waals surface area contributed by atoms with Crippen molar-refractivity contribution in [3.8, 4) is 0 Å². The first-order valence-electron chi connectivity index (χ1n) is 15.7. The van der Waals surface area contributed by atoms with Crippen molar-refractivity contribution >= 4 is 83.5 Å². The number of fused-ring (bicyclic) bond motifs is 1. The largest absolute Gasteiger partial charge is 0.355 e. The molecule has 4 aromatic carbocycles. The summed E-state index contributed by atoms with van der Waals surface area (Å²) in [6.45, 7) is 1.31. The van der Waals surface area contributed by atoms with Crippen LogP contribution in [0.15, 0.2) is 54.6 Å². The van der Waals surface area contributed by atoms with Gasteiger partial charge in [-0.25, -0.2) is 4.79 Å². The Labute approximate surface area is 270 Å². The Hall–Kier alpha value is -2.82. The quantitative estimate of drug-likeness (QED) is 0.0497. The topological polar surface area (TPSA) is 99.3 Å². The molecule has 0 saturated carbocycles. The van der Waals surface area contributed by atoms with Crippen molar-refractivity contribution in [1.82, 2.24) is 21.3 Å². The Balaban J connectivity index is 0.793. The number of unbranched alkanes of at least 4 members (excludes halogenated alkanes) is 1. The van der Waals surface area contributed by atoms with Crippen LogP contribution in [-0.2, 0) is 16.0 Å². The minimum Gasteiger partial charge on any atom is -0.355 e. The molecule has 0 bridgehead atoms. The summed E-state index contributed by atoms with van der Waals surface area (Å²) in [5, 5.41) is 20.3. The Morgan fingerprint density at radius 2 is 1.45 bits per heavy atom. The smallest absolute Gasteiger partial charge is 0.315 e. The van der Waals surface area contributed by atoms with Gasteiger partial charge in [-0.15, -0.1) is 0 Å². The summed E-state index contributed by atoms with van der Waals surface area (Å²) in [5.74, 6) is 2.88. The summed E-state index contributed by atoms with van der Waals surface area (Å²) in [6.07, 6.45) is 5.70. The maximum Gasteiger partial charge on any atom is 0.315 e. The number of benzene rings is 4. The lowest BCUT2D eigenvalue weighted by Gasteiger charge is -2.16. The normalized spacial score (nSPS) is 19.4. The van der Waals surface area contributed by atoms with Gasteiger partial charge in [-0.3, -0.25) is 9.59 Å². The number of urea groups is 1. The van der Waals surface area contributed by atoms with Crippen LogP contribution in [-0.4, -0.2) is 65.5 Å². The van der Waals surface area contributed by atoms with Gasteiger partial charge in [0.2, 0.25) is 11.8 Å². The predicted molar refractivity (Wildman–Crippen MR) is 188 cm³/mol. The third-order valence-electron chi connectivity index (χ3n) is 8.65. The second kappa shape index (κ2) is 15.0. The fourth-order valence-corrected chi connectivity index (χ4v) is 9.84. The van der Waals surface area contributed by atoms with Crippen LogP contribution in [0.2, 0.25) is 0 Å². The van der Waals surface area contributed by atoms with E-state index in [2.05, 4.69) is 75.9 Å². The fourth-order valence-electron chi connectivity index (χ4n) is 6.49. The highest BCUT2D eigenvalue weighted by Gasteiger charge is 2.42. The molecule has 0 spiro atoms. The van der Waals surface area contributed by atoms with E-state index in [9.17, 15) is 14.4 Å². The standard InChI is InChI=1S/C34H40N4O3S3/c39-29(9-2-1-8-28-33-27(21-42-28)37-34(41)38-33)35-17-19-43-44-20-18-36-30(40)10-4-5-22-11-12-25-14-13-23-6-3-7-24-15-16-26(22)32(25)31(23)24/h3,6-7,11-16,27-28,33H,1-2,4-5,8-10,17-21H2,(H,35,39)(H,36,40)(H2,37,38,41)/t27-,28-,33-/m0/s1. The van der Waals surface area contributed by atoms with Crippen molar-refractivity contribution in [1.29, 1.82) is 0 Å². The molecule has 2 heterocycles. The molecule has 4 amide bonds. The number of nitrogens with one attached hydrogen (secondary N) is 4. The van der Waals surface area contributed by atoms with Gasteiger partial charge < -0.3 is 21.3 Å². The van der Waals surface area contributed by atoms with E-state index in [1.165, 1.54) is 37.9 Å². The maximum atomic E-state index is 12.4. The van der Waals surface area contributed by atoms with E-state index in [1.54, 1.807) is 21.6 Å². The van der Waals surface area contributed by atoms with E-state index >= 15 is 0 Å². The van der Waals surface area contributed by atoms with Gasteiger partial charge in [0.25, 0.3) is 0 Å². The highest BCUT2D eigenvalue weighted by atomic mass is 33.1. The van der Waals surface area contributed by atoms with Crippen LogP contribution in [0.4, 0.5) is 4.79 Å². The van der Waals surface area contributed by atoms with Crippen molar-refractivity contribution in [2.75, 3.05) is 30.3 Å². The van der Waals surface area contributed by atoms with Gasteiger partial charge in [0.1, 0.15) is 0 Å². The van der Waals surface area contributed by atoms with E-state index in [0.717, 1.165) is 49.4 Å². The lowest BCUT2D eigenvalue weighted by molar-refractivity contribution is -0.121. The zero-order valence-electron chi connectivity index (χ0n) is 24.9. The highest BCUT2D eigenvalue weighted by Crippen LogP contribution is 2.36. The molecule has 2 aliphatic rings. The van der Waals surface area contributed by atoms with Crippen LogP contribution in [0.3, 0.4) is 0 Å². The number of aryl methyl sites for hydroxylation is 1. The summed E-state index contributed by atoms with van der Waals surface area (Å²) in [4.78, 5) is 36.1. The van der Waals surface area contributed by atoms with Crippen LogP contribution in [0, 0.1) is 0 Å². The Morgan fingerprint density at radius 3 is 2.20 bits per heavy atom. The molecule has 0 radical (unpaired) electrons. The fraction of sp³-hybridized carbons (Fsp3) is 0.441. The Kier molecular flexibility index (Phi) is 10.6. The van der Waals surface area contributed by atoms with E-state index in [1.807, 2.05) is 11.8 Å². The van der Waals surface area contributed by atoms with E-state index in [0.29, 0.717) is 31.2 Å². The average molecular weight is 649 g/mol. The van der Waals surface area contributed by atoms with Crippen LogP contribution < -0.4 is 21.3 Å². The van der Waals surface area contributed by atoms with Gasteiger partial charge in [-0.1, -0.05) is 82.6 Å². The number of amides is 4. The molecule has 4 aromatic rings. The van der Waals surface area contributed by atoms with Gasteiger partial charge in [0, 0.05) is 48.4 Å². The van der Waals surface area contributed by atoms with Crippen LogP contribution in [0.25, 0.3) is 32.3 Å². The van der Waals surface area contributed by atoms with Crippen LogP contribution in [0.1, 0.15) is 44.1 Å². The molecule has 44 heavy (non-hydrogen) atoms. The number of carbonyl (C=O) groups is 3. The minimum atomic E-state index is -0.0480. The third kappa shape index (κ3) is 7.51. The lowest BCUT2D eigenvalue weighted by Crippen LogP contribution is -2.36. The summed E-state index contributed by atoms with van der Waals surface area (Å²) in [6, 6.07) is 20.2. The minimum absolute atomic E-state index is 0.0480. The van der Waals surface area contributed by atoms with Gasteiger partial charge in [-0.2, -0.15) is 11.8 Å². The van der Waals surface area contributed by atoms with E-state index in [4.69, 9.17) is 0 Å². The Morgan fingerprint density at radius 1 is 0.795 bits per heavy atom. The molecule has 2 saturated heterocycles. The number of thioether (sulfide) groups is 1. The molecule has 0 aromatic heterocycles. The first-order chi connectivity index (χ1) is 21.6. The summed E-state index contributed by atoms with van der Waals surface area (Å²) < 4.78 is 0. The molecule has 2 fully saturated rings. The molecule has 0 unspecified atom stereocenters.